The number of carbonyl (C=O) groups excluding carboxylic acids is 1. The van der Waals surface area contributed by atoms with Crippen LogP contribution in [0.2, 0.25) is 0 Å². The Bertz CT molecular complexity index is 972. The summed E-state index contributed by atoms with van der Waals surface area (Å²) in [6, 6.07) is 5.38. The predicted molar refractivity (Wildman–Crippen MR) is 115 cm³/mol. The van der Waals surface area contributed by atoms with Crippen molar-refractivity contribution in [2.75, 3.05) is 50.8 Å². The second-order valence-corrected chi connectivity index (χ2v) is 11.8. The Balaban J connectivity index is 1.74. The Labute approximate surface area is 179 Å². The predicted octanol–water partition coefficient (Wildman–Crippen LogP) is 0.765. The molecule has 1 aromatic rings. The molecule has 2 heterocycles. The number of nitrogens with one attached hydrogen (secondary N) is 1. The molecule has 0 radical (unpaired) electrons. The van der Waals surface area contributed by atoms with Gasteiger partial charge in [0.2, 0.25) is 26.0 Å². The number of benzene rings is 1. The third-order valence-electron chi connectivity index (χ3n) is 5.53. The Morgan fingerprint density at radius 1 is 1.10 bits per heavy atom. The third-order valence-corrected chi connectivity index (χ3v) is 9.50. The highest BCUT2D eigenvalue weighted by Crippen LogP contribution is 2.25. The molecule has 2 fully saturated rings. The summed E-state index contributed by atoms with van der Waals surface area (Å²) in [6.45, 7) is 4.29. The maximum atomic E-state index is 13.0. The second kappa shape index (κ2) is 9.31. The molecule has 0 saturated carbocycles. The van der Waals surface area contributed by atoms with Gasteiger partial charge in [-0.1, -0.05) is 13.0 Å². The first-order valence-corrected chi connectivity index (χ1v) is 13.3. The Hall–Kier alpha value is -1.53. The van der Waals surface area contributed by atoms with Gasteiger partial charge in [-0.05, 0) is 44.5 Å². The average Bonchev–Trinajstić information content (AvgIpc) is 3.20. The fourth-order valence-electron chi connectivity index (χ4n) is 3.85. The van der Waals surface area contributed by atoms with Crippen molar-refractivity contribution >= 4 is 31.6 Å². The first kappa shape index (κ1) is 23.1. The van der Waals surface area contributed by atoms with Crippen molar-refractivity contribution in [3.8, 4) is 0 Å². The van der Waals surface area contributed by atoms with Crippen molar-refractivity contribution in [1.82, 2.24) is 13.5 Å². The fourth-order valence-corrected chi connectivity index (χ4v) is 7.06. The van der Waals surface area contributed by atoms with Gasteiger partial charge < -0.3 is 10.2 Å². The molecule has 1 unspecified atom stereocenters. The number of rotatable bonds is 7. The van der Waals surface area contributed by atoms with Crippen molar-refractivity contribution in [2.45, 2.75) is 37.1 Å². The molecule has 168 valence electrons. The molecule has 0 bridgehead atoms. The van der Waals surface area contributed by atoms with Crippen molar-refractivity contribution in [2.24, 2.45) is 0 Å². The summed E-state index contributed by atoms with van der Waals surface area (Å²) in [7, 11) is -5.18. The van der Waals surface area contributed by atoms with Gasteiger partial charge in [-0.2, -0.15) is 8.61 Å². The molecule has 0 aliphatic carbocycles. The van der Waals surface area contributed by atoms with E-state index >= 15 is 0 Å². The maximum Gasteiger partial charge on any atom is 0.243 e. The number of piperazine rings is 1. The number of sulfonamides is 2. The van der Waals surface area contributed by atoms with Gasteiger partial charge in [0, 0.05) is 38.4 Å². The van der Waals surface area contributed by atoms with Crippen molar-refractivity contribution in [3.63, 3.8) is 0 Å². The Morgan fingerprint density at radius 2 is 1.80 bits per heavy atom. The number of hydrogen-bond donors (Lipinski definition) is 1. The van der Waals surface area contributed by atoms with E-state index in [1.54, 1.807) is 19.1 Å². The minimum absolute atomic E-state index is 0.00946. The highest BCUT2D eigenvalue weighted by Gasteiger charge is 2.38. The minimum atomic E-state index is -3.66. The van der Waals surface area contributed by atoms with Gasteiger partial charge in [-0.25, -0.2) is 16.8 Å². The molecule has 1 aromatic carbocycles. The summed E-state index contributed by atoms with van der Waals surface area (Å²) >= 11 is 0. The van der Waals surface area contributed by atoms with Gasteiger partial charge in [0.05, 0.1) is 10.6 Å². The number of nitrogens with zero attached hydrogens (tertiary/aromatic N) is 3. The lowest BCUT2D eigenvalue weighted by Crippen LogP contribution is -2.47. The van der Waals surface area contributed by atoms with Gasteiger partial charge in [-0.3, -0.25) is 4.79 Å². The molecule has 0 spiro atoms. The lowest BCUT2D eigenvalue weighted by atomic mass is 10.2. The molecular formula is C19H30N4O5S2. The number of carbonyl (C=O) groups is 1. The van der Waals surface area contributed by atoms with E-state index in [2.05, 4.69) is 10.2 Å². The van der Waals surface area contributed by atoms with Crippen LogP contribution in [0, 0.1) is 0 Å². The number of amides is 1. The lowest BCUT2D eigenvalue weighted by Gasteiger charge is -2.31. The Kier molecular flexibility index (Phi) is 7.18. The van der Waals surface area contributed by atoms with Gasteiger partial charge in [-0.15, -0.1) is 0 Å². The van der Waals surface area contributed by atoms with Crippen LogP contribution in [0.25, 0.3) is 0 Å². The highest BCUT2D eigenvalue weighted by molar-refractivity contribution is 7.89. The summed E-state index contributed by atoms with van der Waals surface area (Å²) < 4.78 is 53.5. The fraction of sp³-hybridized carbons (Fsp3) is 0.632. The van der Waals surface area contributed by atoms with Gasteiger partial charge in [0.15, 0.2) is 0 Å². The molecule has 9 nitrogen and oxygen atoms in total. The first-order chi connectivity index (χ1) is 14.1. The monoisotopic (exact) mass is 458 g/mol. The van der Waals surface area contributed by atoms with Crippen LogP contribution in [0.1, 0.15) is 26.2 Å². The standard InChI is InChI=1S/C19H30N4O5S2/c1-3-14-29(25,26)23-9-5-8-18(23)19(24)20-16-6-4-7-17(15-16)30(27,28)22-12-10-21(2)11-13-22/h4,6-7,15,18H,3,5,8-14H2,1-2H3,(H,20,24). The topological polar surface area (TPSA) is 107 Å². The quantitative estimate of drug-likeness (QED) is 0.647. The third kappa shape index (κ3) is 5.02. The van der Waals surface area contributed by atoms with E-state index in [9.17, 15) is 21.6 Å². The molecule has 1 amide bonds. The summed E-state index contributed by atoms with van der Waals surface area (Å²) in [4.78, 5) is 15.0. The normalized spacial score (nSPS) is 22.3. The summed E-state index contributed by atoms with van der Waals surface area (Å²) in [5.41, 5.74) is 0.343. The van der Waals surface area contributed by atoms with E-state index in [4.69, 9.17) is 0 Å². The van der Waals surface area contributed by atoms with E-state index in [-0.39, 0.29) is 10.6 Å². The average molecular weight is 459 g/mol. The number of likely N-dealkylation sites (N-methyl/N-ethyl adjacent to an activating group) is 1. The molecule has 1 atom stereocenters. The summed E-state index contributed by atoms with van der Waals surface area (Å²) in [5.74, 6) is -0.420. The van der Waals surface area contributed by atoms with Crippen LogP contribution in [0.5, 0.6) is 0 Å². The molecule has 0 aromatic heterocycles. The van der Waals surface area contributed by atoms with Crippen LogP contribution in [0.4, 0.5) is 5.69 Å². The van der Waals surface area contributed by atoms with E-state index in [0.29, 0.717) is 57.7 Å². The van der Waals surface area contributed by atoms with Crippen LogP contribution < -0.4 is 5.32 Å². The molecule has 11 heteroatoms. The first-order valence-electron chi connectivity index (χ1n) is 10.2. The van der Waals surface area contributed by atoms with Crippen LogP contribution in [0.3, 0.4) is 0 Å². The van der Waals surface area contributed by atoms with E-state index in [1.165, 1.54) is 20.7 Å². The SMILES string of the molecule is CCCS(=O)(=O)N1CCCC1C(=O)Nc1cccc(S(=O)(=O)N2CCN(C)CC2)c1. The summed E-state index contributed by atoms with van der Waals surface area (Å²) in [6.07, 6.45) is 1.56. The van der Waals surface area contributed by atoms with Crippen LogP contribution in [-0.4, -0.2) is 87.8 Å². The number of hydrogen-bond acceptors (Lipinski definition) is 6. The van der Waals surface area contributed by atoms with Crippen LogP contribution >= 0.6 is 0 Å². The zero-order chi connectivity index (χ0) is 21.9. The smallest absolute Gasteiger partial charge is 0.243 e. The maximum absolute atomic E-state index is 13.0. The van der Waals surface area contributed by atoms with E-state index in [0.717, 1.165) is 0 Å². The molecule has 2 saturated heterocycles. The largest absolute Gasteiger partial charge is 0.325 e. The van der Waals surface area contributed by atoms with Crippen molar-refractivity contribution < 1.29 is 21.6 Å². The minimum Gasteiger partial charge on any atom is -0.325 e. The van der Waals surface area contributed by atoms with Gasteiger partial charge >= 0.3 is 0 Å². The molecule has 3 rings (SSSR count). The van der Waals surface area contributed by atoms with Crippen molar-refractivity contribution in [3.05, 3.63) is 24.3 Å². The highest BCUT2D eigenvalue weighted by atomic mass is 32.2. The molecule has 1 N–H and O–H groups in total. The second-order valence-electron chi connectivity index (χ2n) is 7.81. The number of anilines is 1. The van der Waals surface area contributed by atoms with E-state index in [1.807, 2.05) is 7.05 Å². The lowest BCUT2D eigenvalue weighted by molar-refractivity contribution is -0.119. The van der Waals surface area contributed by atoms with E-state index < -0.39 is 32.0 Å². The van der Waals surface area contributed by atoms with Crippen molar-refractivity contribution in [1.29, 1.82) is 0 Å². The van der Waals surface area contributed by atoms with Gasteiger partial charge in [0.1, 0.15) is 6.04 Å². The molecule has 30 heavy (non-hydrogen) atoms. The zero-order valence-corrected chi connectivity index (χ0v) is 19.1. The van der Waals surface area contributed by atoms with Crippen LogP contribution in [0.15, 0.2) is 29.2 Å². The zero-order valence-electron chi connectivity index (χ0n) is 17.5. The van der Waals surface area contributed by atoms with Gasteiger partial charge in [0.25, 0.3) is 0 Å². The molecule has 2 aliphatic heterocycles. The Morgan fingerprint density at radius 3 is 2.47 bits per heavy atom. The molecule has 2 aliphatic rings. The summed E-state index contributed by atoms with van der Waals surface area (Å²) in [5, 5.41) is 2.71. The van der Waals surface area contributed by atoms with Crippen LogP contribution in [-0.2, 0) is 24.8 Å². The molecular weight excluding hydrogens is 428 g/mol.